The van der Waals surface area contributed by atoms with Crippen LogP contribution in [0.5, 0.6) is 0 Å². The van der Waals surface area contributed by atoms with Gasteiger partial charge >= 0.3 is 6.18 Å². The fourth-order valence-electron chi connectivity index (χ4n) is 2.35. The van der Waals surface area contributed by atoms with E-state index in [-0.39, 0.29) is 11.1 Å². The number of carbonyl (C=O) groups excluding carboxylic acids is 1. The minimum atomic E-state index is -4.62. The molecule has 0 amide bonds. The number of benzene rings is 1. The highest BCUT2D eigenvalue weighted by Gasteiger charge is 2.59. The first-order chi connectivity index (χ1) is 9.44. The Morgan fingerprint density at radius 1 is 1.20 bits per heavy atom. The summed E-state index contributed by atoms with van der Waals surface area (Å²) in [5, 5.41) is 0. The molecule has 0 radical (unpaired) electrons. The molecule has 1 aromatic carbocycles. The molecule has 1 aliphatic carbocycles. The third-order valence-corrected chi connectivity index (χ3v) is 3.39. The van der Waals surface area contributed by atoms with Crippen LogP contribution in [-0.4, -0.2) is 25.2 Å². The third-order valence-electron chi connectivity index (χ3n) is 3.39. The fraction of sp³-hybridized carbons (Fsp3) is 0.267. The predicted molar refractivity (Wildman–Crippen MR) is 69.0 cm³/mol. The molecule has 5 heteroatoms. The molecule has 1 aliphatic rings. The van der Waals surface area contributed by atoms with Crippen molar-refractivity contribution in [2.75, 3.05) is 7.11 Å². The van der Waals surface area contributed by atoms with Gasteiger partial charge in [0, 0.05) is 19.1 Å². The van der Waals surface area contributed by atoms with E-state index in [0.717, 1.165) is 7.11 Å². The van der Waals surface area contributed by atoms with Gasteiger partial charge in [0.15, 0.2) is 5.60 Å². The molecule has 0 fully saturated rings. The van der Waals surface area contributed by atoms with E-state index in [2.05, 4.69) is 0 Å². The van der Waals surface area contributed by atoms with E-state index >= 15 is 0 Å². The minimum absolute atomic E-state index is 0.0127. The highest BCUT2D eigenvalue weighted by molar-refractivity contribution is 5.83. The Morgan fingerprint density at radius 2 is 1.85 bits per heavy atom. The van der Waals surface area contributed by atoms with E-state index < -0.39 is 18.2 Å². The van der Waals surface area contributed by atoms with Crippen molar-refractivity contribution in [2.45, 2.75) is 18.2 Å². The van der Waals surface area contributed by atoms with Crippen molar-refractivity contribution in [3.8, 4) is 0 Å². The molecule has 0 spiro atoms. The quantitative estimate of drug-likeness (QED) is 0.793. The summed E-state index contributed by atoms with van der Waals surface area (Å²) in [6.45, 7) is 0. The second-order valence-corrected chi connectivity index (χ2v) is 4.51. The monoisotopic (exact) mass is 282 g/mol. The van der Waals surface area contributed by atoms with Crippen molar-refractivity contribution >= 4 is 11.9 Å². The van der Waals surface area contributed by atoms with Gasteiger partial charge in [-0.05, 0) is 11.1 Å². The lowest BCUT2D eigenvalue weighted by molar-refractivity contribution is -0.244. The number of halogens is 3. The van der Waals surface area contributed by atoms with Crippen LogP contribution in [0.1, 0.15) is 12.0 Å². The van der Waals surface area contributed by atoms with Crippen LogP contribution in [0.2, 0.25) is 0 Å². The maximum absolute atomic E-state index is 13.5. The molecular weight excluding hydrogens is 269 g/mol. The molecule has 0 saturated carbocycles. The van der Waals surface area contributed by atoms with Gasteiger partial charge in [0.05, 0.1) is 0 Å². The van der Waals surface area contributed by atoms with Crippen molar-refractivity contribution < 1.29 is 22.7 Å². The average Bonchev–Trinajstić information content (AvgIpc) is 2.46. The Morgan fingerprint density at radius 3 is 2.35 bits per heavy atom. The summed E-state index contributed by atoms with van der Waals surface area (Å²) in [4.78, 5) is 10.8. The highest BCUT2D eigenvalue weighted by Crippen LogP contribution is 2.48. The Kier molecular flexibility index (Phi) is 3.81. The maximum Gasteiger partial charge on any atom is 0.422 e. The van der Waals surface area contributed by atoms with Gasteiger partial charge in [-0.25, -0.2) is 0 Å². The number of hydrogen-bond acceptors (Lipinski definition) is 2. The van der Waals surface area contributed by atoms with Gasteiger partial charge in [-0.1, -0.05) is 42.5 Å². The van der Waals surface area contributed by atoms with Crippen molar-refractivity contribution in [1.29, 1.82) is 0 Å². The zero-order valence-corrected chi connectivity index (χ0v) is 10.8. The minimum Gasteiger partial charge on any atom is -0.364 e. The molecule has 0 saturated heterocycles. The van der Waals surface area contributed by atoms with Crippen LogP contribution in [0.15, 0.2) is 48.1 Å². The summed E-state index contributed by atoms with van der Waals surface area (Å²) in [5.74, 6) is 0. The number of aldehydes is 1. The molecule has 0 heterocycles. The lowest BCUT2D eigenvalue weighted by atomic mass is 9.79. The summed E-state index contributed by atoms with van der Waals surface area (Å²) >= 11 is 0. The SMILES string of the molecule is COC1(C(F)(F)F)CC(C=O)=CC=C1c1ccccc1. The van der Waals surface area contributed by atoms with E-state index in [1.807, 2.05) is 0 Å². The lowest BCUT2D eigenvalue weighted by Gasteiger charge is -2.38. The first-order valence-electron chi connectivity index (χ1n) is 5.98. The molecule has 0 aromatic heterocycles. The zero-order chi connectivity index (χ0) is 14.8. The van der Waals surface area contributed by atoms with Crippen molar-refractivity contribution in [3.63, 3.8) is 0 Å². The number of ether oxygens (including phenoxy) is 1. The Hall–Kier alpha value is -1.88. The normalized spacial score (nSPS) is 23.0. The topological polar surface area (TPSA) is 26.3 Å². The summed E-state index contributed by atoms with van der Waals surface area (Å²) in [5.41, 5.74) is -1.99. The molecular formula is C15H13F3O2. The second-order valence-electron chi connectivity index (χ2n) is 4.51. The Labute approximate surface area is 114 Å². The van der Waals surface area contributed by atoms with Gasteiger partial charge in [0.2, 0.25) is 0 Å². The van der Waals surface area contributed by atoms with Gasteiger partial charge in [0.25, 0.3) is 0 Å². The summed E-state index contributed by atoms with van der Waals surface area (Å²) < 4.78 is 45.4. The van der Waals surface area contributed by atoms with E-state index in [1.165, 1.54) is 12.2 Å². The van der Waals surface area contributed by atoms with Crippen LogP contribution < -0.4 is 0 Å². The molecule has 20 heavy (non-hydrogen) atoms. The molecule has 0 aliphatic heterocycles. The van der Waals surface area contributed by atoms with Crippen molar-refractivity contribution in [1.82, 2.24) is 0 Å². The van der Waals surface area contributed by atoms with Crippen LogP contribution in [0, 0.1) is 0 Å². The van der Waals surface area contributed by atoms with Gasteiger partial charge in [0.1, 0.15) is 6.29 Å². The maximum atomic E-state index is 13.5. The van der Waals surface area contributed by atoms with E-state index in [9.17, 15) is 18.0 Å². The number of allylic oxidation sites excluding steroid dienone is 2. The summed E-state index contributed by atoms with van der Waals surface area (Å²) in [6.07, 6.45) is -2.00. The van der Waals surface area contributed by atoms with E-state index in [4.69, 9.17) is 4.74 Å². The Bertz CT molecular complexity index is 558. The number of rotatable bonds is 3. The van der Waals surface area contributed by atoms with E-state index in [1.54, 1.807) is 30.3 Å². The number of hydrogen-bond donors (Lipinski definition) is 0. The molecule has 1 atom stereocenters. The van der Waals surface area contributed by atoms with Crippen LogP contribution in [0.25, 0.3) is 5.57 Å². The van der Waals surface area contributed by atoms with Gasteiger partial charge in [-0.2, -0.15) is 13.2 Å². The second kappa shape index (κ2) is 5.25. The Balaban J connectivity index is 2.62. The summed E-state index contributed by atoms with van der Waals surface area (Å²) in [6, 6.07) is 8.22. The van der Waals surface area contributed by atoms with Crippen molar-refractivity contribution in [2.24, 2.45) is 0 Å². The van der Waals surface area contributed by atoms with Crippen LogP contribution in [-0.2, 0) is 9.53 Å². The van der Waals surface area contributed by atoms with Crippen LogP contribution in [0.4, 0.5) is 13.2 Å². The fourth-order valence-corrected chi connectivity index (χ4v) is 2.35. The number of alkyl halides is 3. The first kappa shape index (κ1) is 14.5. The van der Waals surface area contributed by atoms with Crippen LogP contribution >= 0.6 is 0 Å². The average molecular weight is 282 g/mol. The lowest BCUT2D eigenvalue weighted by Crippen LogP contribution is -2.49. The molecule has 1 unspecified atom stereocenters. The van der Waals surface area contributed by atoms with Gasteiger partial charge in [-0.3, -0.25) is 4.79 Å². The highest BCUT2D eigenvalue weighted by atomic mass is 19.4. The summed E-state index contributed by atoms with van der Waals surface area (Å²) in [7, 11) is 1.01. The number of methoxy groups -OCH3 is 1. The largest absolute Gasteiger partial charge is 0.422 e. The zero-order valence-electron chi connectivity index (χ0n) is 10.8. The molecule has 2 nitrogen and oxygen atoms in total. The molecule has 0 bridgehead atoms. The van der Waals surface area contributed by atoms with Crippen molar-refractivity contribution in [3.05, 3.63) is 53.6 Å². The first-order valence-corrected chi connectivity index (χ1v) is 5.98. The predicted octanol–water partition coefficient (Wildman–Crippen LogP) is 3.55. The molecule has 2 rings (SSSR count). The molecule has 106 valence electrons. The molecule has 0 N–H and O–H groups in total. The van der Waals surface area contributed by atoms with Crippen LogP contribution in [0.3, 0.4) is 0 Å². The standard InChI is InChI=1S/C15H13F3O2/c1-20-14(15(16,17)18)9-11(10-19)7-8-13(14)12-5-3-2-4-6-12/h2-8,10H,9H2,1H3. The van der Waals surface area contributed by atoms with Gasteiger partial charge in [-0.15, -0.1) is 0 Å². The van der Waals surface area contributed by atoms with E-state index in [0.29, 0.717) is 11.8 Å². The smallest absolute Gasteiger partial charge is 0.364 e. The molecule has 1 aromatic rings. The van der Waals surface area contributed by atoms with Gasteiger partial charge < -0.3 is 4.74 Å². The number of carbonyl (C=O) groups is 1. The third kappa shape index (κ3) is 2.29.